The summed E-state index contributed by atoms with van der Waals surface area (Å²) in [6.07, 6.45) is 2.71. The number of nitrogens with zero attached hydrogens (tertiary/aromatic N) is 1. The lowest BCUT2D eigenvalue weighted by Crippen LogP contribution is -2.41. The van der Waals surface area contributed by atoms with E-state index < -0.39 is 0 Å². The predicted octanol–water partition coefficient (Wildman–Crippen LogP) is -0.0790. The van der Waals surface area contributed by atoms with Crippen LogP contribution in [-0.2, 0) is 4.79 Å². The summed E-state index contributed by atoms with van der Waals surface area (Å²) >= 11 is 0. The first-order valence-electron chi connectivity index (χ1n) is 5.34. The standard InChI is InChI=1S/C10H21N3O/c1-8(11)7-13-4-2-9(3-5-13)6-10(12)14/h8-9H,2-7,11H2,1H3,(H2,12,14). The first kappa shape index (κ1) is 11.5. The fraction of sp³-hybridized carbons (Fsp3) is 0.900. The number of likely N-dealkylation sites (tertiary alicyclic amines) is 1. The van der Waals surface area contributed by atoms with Gasteiger partial charge in [0.1, 0.15) is 0 Å². The second-order valence-corrected chi connectivity index (χ2v) is 4.39. The number of amides is 1. The van der Waals surface area contributed by atoms with Gasteiger partial charge in [-0.2, -0.15) is 0 Å². The van der Waals surface area contributed by atoms with Gasteiger partial charge in [0.15, 0.2) is 0 Å². The van der Waals surface area contributed by atoms with Crippen LogP contribution in [0.1, 0.15) is 26.2 Å². The lowest BCUT2D eigenvalue weighted by molar-refractivity contribution is -0.119. The van der Waals surface area contributed by atoms with Crippen LogP contribution in [-0.4, -0.2) is 36.5 Å². The third-order valence-corrected chi connectivity index (χ3v) is 2.74. The highest BCUT2D eigenvalue weighted by molar-refractivity contribution is 5.73. The van der Waals surface area contributed by atoms with Crippen LogP contribution in [0.25, 0.3) is 0 Å². The van der Waals surface area contributed by atoms with E-state index in [-0.39, 0.29) is 11.9 Å². The molecule has 4 nitrogen and oxygen atoms in total. The minimum atomic E-state index is -0.171. The zero-order chi connectivity index (χ0) is 10.6. The van der Waals surface area contributed by atoms with Crippen LogP contribution in [0.15, 0.2) is 0 Å². The van der Waals surface area contributed by atoms with E-state index >= 15 is 0 Å². The summed E-state index contributed by atoms with van der Waals surface area (Å²) in [5.41, 5.74) is 10.9. The Labute approximate surface area is 85.6 Å². The highest BCUT2D eigenvalue weighted by atomic mass is 16.1. The molecular formula is C10H21N3O. The highest BCUT2D eigenvalue weighted by Crippen LogP contribution is 2.19. The van der Waals surface area contributed by atoms with Crippen LogP contribution in [0.5, 0.6) is 0 Å². The number of carbonyl (C=O) groups is 1. The van der Waals surface area contributed by atoms with Gasteiger partial charge in [0.05, 0.1) is 0 Å². The largest absolute Gasteiger partial charge is 0.370 e. The summed E-state index contributed by atoms with van der Waals surface area (Å²) < 4.78 is 0. The molecule has 0 aromatic rings. The van der Waals surface area contributed by atoms with E-state index in [4.69, 9.17) is 11.5 Å². The fourth-order valence-corrected chi connectivity index (χ4v) is 2.06. The third-order valence-electron chi connectivity index (χ3n) is 2.74. The topological polar surface area (TPSA) is 72.3 Å². The Bertz CT molecular complexity index is 186. The molecule has 4 N–H and O–H groups in total. The number of rotatable bonds is 4. The summed E-state index contributed by atoms with van der Waals surface area (Å²) in [6.45, 7) is 5.10. The molecule has 1 heterocycles. The summed E-state index contributed by atoms with van der Waals surface area (Å²) in [6, 6.07) is 0.239. The first-order valence-corrected chi connectivity index (χ1v) is 5.34. The average Bonchev–Trinajstić information content (AvgIpc) is 2.06. The van der Waals surface area contributed by atoms with Crippen molar-refractivity contribution in [3.63, 3.8) is 0 Å². The van der Waals surface area contributed by atoms with E-state index in [0.717, 1.165) is 32.5 Å². The van der Waals surface area contributed by atoms with Crippen LogP contribution >= 0.6 is 0 Å². The lowest BCUT2D eigenvalue weighted by atomic mass is 9.93. The van der Waals surface area contributed by atoms with Gasteiger partial charge in [0, 0.05) is 19.0 Å². The van der Waals surface area contributed by atoms with Gasteiger partial charge >= 0.3 is 0 Å². The smallest absolute Gasteiger partial charge is 0.217 e. The van der Waals surface area contributed by atoms with Gasteiger partial charge in [0.25, 0.3) is 0 Å². The number of hydrogen-bond acceptors (Lipinski definition) is 3. The Morgan fingerprint density at radius 2 is 2.07 bits per heavy atom. The van der Waals surface area contributed by atoms with Gasteiger partial charge in [-0.25, -0.2) is 0 Å². The minimum Gasteiger partial charge on any atom is -0.370 e. The van der Waals surface area contributed by atoms with E-state index in [1.807, 2.05) is 6.92 Å². The monoisotopic (exact) mass is 199 g/mol. The number of piperidine rings is 1. The van der Waals surface area contributed by atoms with Crippen molar-refractivity contribution < 1.29 is 4.79 Å². The molecule has 1 aliphatic heterocycles. The van der Waals surface area contributed by atoms with Crippen LogP contribution in [0.4, 0.5) is 0 Å². The minimum absolute atomic E-state index is 0.171. The summed E-state index contributed by atoms with van der Waals surface area (Å²) in [4.78, 5) is 13.1. The Hall–Kier alpha value is -0.610. The van der Waals surface area contributed by atoms with Crippen molar-refractivity contribution in [2.75, 3.05) is 19.6 Å². The zero-order valence-corrected chi connectivity index (χ0v) is 8.91. The Morgan fingerprint density at radius 1 is 1.50 bits per heavy atom. The molecule has 0 radical (unpaired) electrons. The molecule has 1 fully saturated rings. The van der Waals surface area contributed by atoms with E-state index in [9.17, 15) is 4.79 Å². The van der Waals surface area contributed by atoms with E-state index in [1.54, 1.807) is 0 Å². The normalized spacial score (nSPS) is 22.1. The van der Waals surface area contributed by atoms with Crippen molar-refractivity contribution in [1.29, 1.82) is 0 Å². The molecule has 1 unspecified atom stereocenters. The maximum atomic E-state index is 10.7. The molecule has 82 valence electrons. The summed E-state index contributed by atoms with van der Waals surface area (Å²) in [5, 5.41) is 0. The zero-order valence-electron chi connectivity index (χ0n) is 8.91. The molecule has 0 saturated carbocycles. The fourth-order valence-electron chi connectivity index (χ4n) is 2.06. The molecule has 1 saturated heterocycles. The van der Waals surface area contributed by atoms with E-state index in [1.165, 1.54) is 0 Å². The van der Waals surface area contributed by atoms with Gasteiger partial charge < -0.3 is 16.4 Å². The summed E-state index contributed by atoms with van der Waals surface area (Å²) in [5.74, 6) is 0.326. The van der Waals surface area contributed by atoms with Gasteiger partial charge in [0.2, 0.25) is 5.91 Å². The van der Waals surface area contributed by atoms with Crippen molar-refractivity contribution in [2.24, 2.45) is 17.4 Å². The van der Waals surface area contributed by atoms with Crippen LogP contribution in [0.3, 0.4) is 0 Å². The van der Waals surface area contributed by atoms with Crippen molar-refractivity contribution in [2.45, 2.75) is 32.2 Å². The molecule has 0 aliphatic carbocycles. The van der Waals surface area contributed by atoms with Crippen LogP contribution in [0.2, 0.25) is 0 Å². The maximum absolute atomic E-state index is 10.7. The molecule has 0 bridgehead atoms. The van der Waals surface area contributed by atoms with Crippen LogP contribution in [0, 0.1) is 5.92 Å². The molecule has 0 spiro atoms. The van der Waals surface area contributed by atoms with Gasteiger partial charge in [-0.15, -0.1) is 0 Å². The molecule has 0 aromatic carbocycles. The third kappa shape index (κ3) is 4.07. The van der Waals surface area contributed by atoms with Gasteiger partial charge in [-0.3, -0.25) is 4.79 Å². The SMILES string of the molecule is CC(N)CN1CCC(CC(N)=O)CC1. The van der Waals surface area contributed by atoms with Gasteiger partial charge in [-0.1, -0.05) is 0 Å². The van der Waals surface area contributed by atoms with E-state index in [0.29, 0.717) is 12.3 Å². The second kappa shape index (κ2) is 5.32. The highest BCUT2D eigenvalue weighted by Gasteiger charge is 2.20. The Balaban J connectivity index is 2.21. The van der Waals surface area contributed by atoms with Crippen molar-refractivity contribution >= 4 is 5.91 Å². The lowest BCUT2D eigenvalue weighted by Gasteiger charge is -2.32. The molecule has 0 aromatic heterocycles. The Kier molecular flexibility index (Phi) is 4.35. The van der Waals surface area contributed by atoms with Crippen molar-refractivity contribution in [1.82, 2.24) is 4.90 Å². The average molecular weight is 199 g/mol. The summed E-state index contributed by atoms with van der Waals surface area (Å²) in [7, 11) is 0. The van der Waals surface area contributed by atoms with Crippen molar-refractivity contribution in [3.8, 4) is 0 Å². The van der Waals surface area contributed by atoms with Gasteiger partial charge in [-0.05, 0) is 38.8 Å². The number of primary amides is 1. The molecule has 1 amide bonds. The first-order chi connectivity index (χ1) is 6.58. The molecule has 4 heteroatoms. The molecular weight excluding hydrogens is 178 g/mol. The second-order valence-electron chi connectivity index (χ2n) is 4.39. The van der Waals surface area contributed by atoms with Crippen LogP contribution < -0.4 is 11.5 Å². The predicted molar refractivity (Wildman–Crippen MR) is 56.6 cm³/mol. The Morgan fingerprint density at radius 3 is 2.50 bits per heavy atom. The quantitative estimate of drug-likeness (QED) is 0.665. The number of nitrogens with two attached hydrogens (primary N) is 2. The number of hydrogen-bond donors (Lipinski definition) is 2. The molecule has 1 aliphatic rings. The number of carbonyl (C=O) groups excluding carboxylic acids is 1. The van der Waals surface area contributed by atoms with E-state index in [2.05, 4.69) is 4.90 Å². The molecule has 1 rings (SSSR count). The molecule has 14 heavy (non-hydrogen) atoms. The maximum Gasteiger partial charge on any atom is 0.217 e. The van der Waals surface area contributed by atoms with Crippen molar-refractivity contribution in [3.05, 3.63) is 0 Å². The molecule has 1 atom stereocenters.